The number of nitrogens with zero attached hydrogens (tertiary/aromatic N) is 1. The van der Waals surface area contributed by atoms with Gasteiger partial charge in [0.2, 0.25) is 0 Å². The molecule has 0 saturated heterocycles. The summed E-state index contributed by atoms with van der Waals surface area (Å²) in [6.07, 6.45) is 0.955. The maximum Gasteiger partial charge on any atom is 0.178 e. The average molecular weight is 259 g/mol. The summed E-state index contributed by atoms with van der Waals surface area (Å²) in [5, 5.41) is 0.124. The first-order valence-electron chi connectivity index (χ1n) is 5.13. The lowest BCUT2D eigenvalue weighted by atomic mass is 10.2. The Morgan fingerprint density at radius 3 is 2.88 bits per heavy atom. The van der Waals surface area contributed by atoms with E-state index in [1.807, 2.05) is 4.57 Å². The highest BCUT2D eigenvalue weighted by atomic mass is 35.5. The fraction of sp³-hybridized carbons (Fsp3) is 0.364. The van der Waals surface area contributed by atoms with Gasteiger partial charge in [-0.2, -0.15) is 0 Å². The largest absolute Gasteiger partial charge is 0.330 e. The lowest BCUT2D eigenvalue weighted by Gasteiger charge is -2.11. The lowest BCUT2D eigenvalue weighted by molar-refractivity contribution is 0.538. The third kappa shape index (κ3) is 1.76. The minimum absolute atomic E-state index is 0.124. The highest BCUT2D eigenvalue weighted by Gasteiger charge is 2.12. The van der Waals surface area contributed by atoms with Crippen molar-refractivity contribution in [2.75, 3.05) is 0 Å². The first-order valence-corrected chi connectivity index (χ1v) is 5.92. The Balaban J connectivity index is 2.79. The van der Waals surface area contributed by atoms with Gasteiger partial charge in [-0.15, -0.1) is 0 Å². The van der Waals surface area contributed by atoms with Crippen molar-refractivity contribution in [3.8, 4) is 0 Å². The van der Waals surface area contributed by atoms with Crippen molar-refractivity contribution in [1.29, 1.82) is 0 Å². The number of nitrogens with one attached hydrogen (secondary N) is 1. The monoisotopic (exact) mass is 258 g/mol. The SMILES string of the molecule is CCC(C)n1c(=S)[nH]c2cc(F)c(Cl)cc21. The molecule has 0 aliphatic carbocycles. The molecule has 86 valence electrons. The van der Waals surface area contributed by atoms with Gasteiger partial charge < -0.3 is 9.55 Å². The standard InChI is InChI=1S/C11H12ClFN2S/c1-3-6(2)15-10-4-7(12)8(13)5-9(10)14-11(15)16/h4-6H,3H2,1-2H3,(H,14,16). The van der Waals surface area contributed by atoms with Gasteiger partial charge in [0.25, 0.3) is 0 Å². The molecular weight excluding hydrogens is 247 g/mol. The van der Waals surface area contributed by atoms with E-state index in [9.17, 15) is 4.39 Å². The molecule has 2 nitrogen and oxygen atoms in total. The van der Waals surface area contributed by atoms with E-state index in [0.717, 1.165) is 11.9 Å². The van der Waals surface area contributed by atoms with Gasteiger partial charge in [-0.1, -0.05) is 18.5 Å². The zero-order chi connectivity index (χ0) is 11.9. The smallest absolute Gasteiger partial charge is 0.178 e. The summed E-state index contributed by atoms with van der Waals surface area (Å²) < 4.78 is 15.8. The zero-order valence-electron chi connectivity index (χ0n) is 9.05. The van der Waals surface area contributed by atoms with Crippen LogP contribution in [-0.4, -0.2) is 9.55 Å². The van der Waals surface area contributed by atoms with E-state index in [1.165, 1.54) is 6.07 Å². The van der Waals surface area contributed by atoms with Crippen LogP contribution in [0, 0.1) is 10.6 Å². The number of aromatic amines is 1. The third-order valence-corrected chi connectivity index (χ3v) is 3.38. The van der Waals surface area contributed by atoms with Crippen LogP contribution in [0.5, 0.6) is 0 Å². The van der Waals surface area contributed by atoms with Crippen molar-refractivity contribution in [1.82, 2.24) is 9.55 Å². The van der Waals surface area contributed by atoms with Crippen LogP contribution >= 0.6 is 23.8 Å². The molecule has 5 heteroatoms. The Morgan fingerprint density at radius 2 is 2.25 bits per heavy atom. The highest BCUT2D eigenvalue weighted by Crippen LogP contribution is 2.26. The van der Waals surface area contributed by atoms with Gasteiger partial charge in [0.1, 0.15) is 5.82 Å². The molecule has 16 heavy (non-hydrogen) atoms. The molecule has 0 spiro atoms. The third-order valence-electron chi connectivity index (χ3n) is 2.79. The molecule has 0 fully saturated rings. The summed E-state index contributed by atoms with van der Waals surface area (Å²) in [6, 6.07) is 3.26. The predicted octanol–water partition coefficient (Wildman–Crippen LogP) is 4.46. The van der Waals surface area contributed by atoms with Crippen LogP contribution in [0.1, 0.15) is 26.3 Å². The molecule has 0 radical (unpaired) electrons. The van der Waals surface area contributed by atoms with Crippen LogP contribution < -0.4 is 0 Å². The maximum atomic E-state index is 13.3. The Labute approximate surface area is 103 Å². The minimum atomic E-state index is -0.429. The summed E-state index contributed by atoms with van der Waals surface area (Å²) in [7, 11) is 0. The molecule has 0 aliphatic rings. The normalized spacial score (nSPS) is 13.2. The first-order chi connectivity index (χ1) is 7.54. The second-order valence-electron chi connectivity index (χ2n) is 3.84. The molecule has 1 aromatic heterocycles. The number of aromatic nitrogens is 2. The summed E-state index contributed by atoms with van der Waals surface area (Å²) in [4.78, 5) is 2.99. The highest BCUT2D eigenvalue weighted by molar-refractivity contribution is 7.71. The molecule has 1 unspecified atom stereocenters. The molecule has 1 atom stereocenters. The van der Waals surface area contributed by atoms with Crippen molar-refractivity contribution >= 4 is 34.9 Å². The number of H-pyrrole nitrogens is 1. The van der Waals surface area contributed by atoms with Gasteiger partial charge in [-0.05, 0) is 31.6 Å². The summed E-state index contributed by atoms with van der Waals surface area (Å²) in [5.41, 5.74) is 1.54. The number of hydrogen-bond acceptors (Lipinski definition) is 1. The fourth-order valence-electron chi connectivity index (χ4n) is 1.74. The predicted molar refractivity (Wildman–Crippen MR) is 67.1 cm³/mol. The van der Waals surface area contributed by atoms with E-state index in [1.54, 1.807) is 6.07 Å². The van der Waals surface area contributed by atoms with E-state index < -0.39 is 5.82 Å². The Hall–Kier alpha value is -0.870. The van der Waals surface area contributed by atoms with E-state index in [4.69, 9.17) is 23.8 Å². The van der Waals surface area contributed by atoms with Gasteiger partial charge in [0.05, 0.1) is 16.1 Å². The molecule has 1 aromatic carbocycles. The second-order valence-corrected chi connectivity index (χ2v) is 4.63. The first kappa shape index (κ1) is 11.6. The quantitative estimate of drug-likeness (QED) is 0.789. The van der Waals surface area contributed by atoms with Crippen LogP contribution in [0.2, 0.25) is 5.02 Å². The number of hydrogen-bond donors (Lipinski definition) is 1. The zero-order valence-corrected chi connectivity index (χ0v) is 10.6. The molecule has 2 aromatic rings. The van der Waals surface area contributed by atoms with Crippen LogP contribution in [0.25, 0.3) is 11.0 Å². The van der Waals surface area contributed by atoms with E-state index in [-0.39, 0.29) is 11.1 Å². The van der Waals surface area contributed by atoms with Crippen LogP contribution in [0.3, 0.4) is 0 Å². The average Bonchev–Trinajstić information content (AvgIpc) is 2.54. The topological polar surface area (TPSA) is 20.7 Å². The second kappa shape index (κ2) is 4.18. The number of benzene rings is 1. The van der Waals surface area contributed by atoms with Gasteiger partial charge in [0, 0.05) is 12.1 Å². The Bertz CT molecular complexity index is 587. The van der Waals surface area contributed by atoms with Crippen molar-refractivity contribution in [2.24, 2.45) is 0 Å². The summed E-state index contributed by atoms with van der Waals surface area (Å²) in [5.74, 6) is -0.429. The van der Waals surface area contributed by atoms with Gasteiger partial charge in [0.15, 0.2) is 4.77 Å². The number of fused-ring (bicyclic) bond motifs is 1. The van der Waals surface area contributed by atoms with Crippen LogP contribution in [0.15, 0.2) is 12.1 Å². The minimum Gasteiger partial charge on any atom is -0.330 e. The van der Waals surface area contributed by atoms with E-state index >= 15 is 0 Å². The molecule has 1 heterocycles. The van der Waals surface area contributed by atoms with E-state index in [0.29, 0.717) is 10.3 Å². The summed E-state index contributed by atoms with van der Waals surface area (Å²) >= 11 is 11.0. The molecule has 1 N–H and O–H groups in total. The number of imidazole rings is 1. The summed E-state index contributed by atoms with van der Waals surface area (Å²) in [6.45, 7) is 4.15. The van der Waals surface area contributed by atoms with Crippen molar-refractivity contribution in [3.63, 3.8) is 0 Å². The number of halogens is 2. The van der Waals surface area contributed by atoms with Crippen LogP contribution in [0.4, 0.5) is 4.39 Å². The maximum absolute atomic E-state index is 13.3. The molecule has 2 rings (SSSR count). The molecule has 0 saturated carbocycles. The molecule has 0 bridgehead atoms. The fourth-order valence-corrected chi connectivity index (χ4v) is 2.29. The van der Waals surface area contributed by atoms with Gasteiger partial charge in [-0.25, -0.2) is 4.39 Å². The van der Waals surface area contributed by atoms with Crippen molar-refractivity contribution in [2.45, 2.75) is 26.3 Å². The Kier molecular flexibility index (Phi) is 3.04. The van der Waals surface area contributed by atoms with Gasteiger partial charge in [-0.3, -0.25) is 0 Å². The number of rotatable bonds is 2. The van der Waals surface area contributed by atoms with Crippen LogP contribution in [-0.2, 0) is 0 Å². The molecule has 0 amide bonds. The Morgan fingerprint density at radius 1 is 1.56 bits per heavy atom. The van der Waals surface area contributed by atoms with Crippen molar-refractivity contribution < 1.29 is 4.39 Å². The molecular formula is C11H12ClFN2S. The van der Waals surface area contributed by atoms with Crippen molar-refractivity contribution in [3.05, 3.63) is 27.7 Å². The van der Waals surface area contributed by atoms with Gasteiger partial charge >= 0.3 is 0 Å². The van der Waals surface area contributed by atoms with E-state index in [2.05, 4.69) is 18.8 Å². The lowest BCUT2D eigenvalue weighted by Crippen LogP contribution is -2.03. The molecule has 0 aliphatic heterocycles.